The molecular formula is C19H22N6O. The molecule has 0 unspecified atom stereocenters. The molecule has 134 valence electrons. The molecule has 7 nitrogen and oxygen atoms in total. The van der Waals surface area contributed by atoms with Crippen molar-refractivity contribution < 1.29 is 4.79 Å². The van der Waals surface area contributed by atoms with Gasteiger partial charge in [-0.1, -0.05) is 19.1 Å². The van der Waals surface area contributed by atoms with E-state index in [1.807, 2.05) is 0 Å². The van der Waals surface area contributed by atoms with Gasteiger partial charge in [0.2, 0.25) is 0 Å². The molecule has 1 fully saturated rings. The fraction of sp³-hybridized carbons (Fsp3) is 0.368. The van der Waals surface area contributed by atoms with Crippen LogP contribution in [-0.2, 0) is 0 Å². The standard InChI is InChI=1S/C19H22N6O/c1-3-24-8-10-25(11-9-24)18-12-17(21-14(2)22-18)19(26)23-16-7-5-4-6-15(16)13-20/h4-7,12H,3,8-11H2,1-2H3,(H,23,26). The molecule has 7 heteroatoms. The molecule has 26 heavy (non-hydrogen) atoms. The lowest BCUT2D eigenvalue weighted by molar-refractivity contribution is 0.102. The van der Waals surface area contributed by atoms with Gasteiger partial charge >= 0.3 is 0 Å². The molecule has 1 N–H and O–H groups in total. The maximum atomic E-state index is 12.6. The Bertz CT molecular complexity index is 836. The Morgan fingerprint density at radius 2 is 1.96 bits per heavy atom. The van der Waals surface area contributed by atoms with E-state index in [2.05, 4.69) is 38.1 Å². The van der Waals surface area contributed by atoms with Crippen molar-refractivity contribution in [3.05, 3.63) is 47.4 Å². The third-order valence-electron chi connectivity index (χ3n) is 4.50. The molecule has 1 amide bonds. The molecule has 0 saturated carbocycles. The SMILES string of the molecule is CCN1CCN(c2cc(C(=O)Nc3ccccc3C#N)nc(C)n2)CC1. The zero-order chi connectivity index (χ0) is 18.5. The Hall–Kier alpha value is -2.98. The predicted molar refractivity (Wildman–Crippen MR) is 100 cm³/mol. The molecule has 0 atom stereocenters. The number of para-hydroxylation sites is 1. The van der Waals surface area contributed by atoms with Crippen molar-refractivity contribution in [3.8, 4) is 6.07 Å². The van der Waals surface area contributed by atoms with Crippen molar-refractivity contribution >= 4 is 17.4 Å². The number of rotatable bonds is 4. The van der Waals surface area contributed by atoms with E-state index in [1.54, 1.807) is 37.3 Å². The van der Waals surface area contributed by atoms with Crippen LogP contribution in [0.1, 0.15) is 28.8 Å². The van der Waals surface area contributed by atoms with Crippen LogP contribution in [0.4, 0.5) is 11.5 Å². The zero-order valence-electron chi connectivity index (χ0n) is 15.1. The topological polar surface area (TPSA) is 85.1 Å². The minimum absolute atomic E-state index is 0.304. The molecule has 1 saturated heterocycles. The molecule has 1 aliphatic heterocycles. The lowest BCUT2D eigenvalue weighted by Gasteiger charge is -2.34. The first kappa shape index (κ1) is 17.8. The monoisotopic (exact) mass is 350 g/mol. The first-order valence-electron chi connectivity index (χ1n) is 8.74. The summed E-state index contributed by atoms with van der Waals surface area (Å²) in [6.45, 7) is 8.71. The van der Waals surface area contributed by atoms with Crippen molar-refractivity contribution in [1.82, 2.24) is 14.9 Å². The highest BCUT2D eigenvalue weighted by molar-refractivity contribution is 6.04. The maximum absolute atomic E-state index is 12.6. The molecule has 0 radical (unpaired) electrons. The summed E-state index contributed by atoms with van der Waals surface area (Å²) in [7, 11) is 0. The summed E-state index contributed by atoms with van der Waals surface area (Å²) in [5.74, 6) is 0.984. The van der Waals surface area contributed by atoms with Gasteiger partial charge in [0.05, 0.1) is 11.3 Å². The first-order valence-corrected chi connectivity index (χ1v) is 8.74. The fourth-order valence-corrected chi connectivity index (χ4v) is 3.00. The highest BCUT2D eigenvalue weighted by atomic mass is 16.1. The molecule has 0 aliphatic carbocycles. The summed E-state index contributed by atoms with van der Waals surface area (Å²) < 4.78 is 0. The number of anilines is 2. The third-order valence-corrected chi connectivity index (χ3v) is 4.50. The molecule has 2 aromatic rings. The lowest BCUT2D eigenvalue weighted by Crippen LogP contribution is -2.46. The van der Waals surface area contributed by atoms with Gasteiger partial charge in [-0.25, -0.2) is 9.97 Å². The molecule has 1 aromatic heterocycles. The van der Waals surface area contributed by atoms with E-state index in [1.165, 1.54) is 0 Å². The van der Waals surface area contributed by atoms with Gasteiger partial charge in [0.1, 0.15) is 23.4 Å². The number of nitriles is 1. The highest BCUT2D eigenvalue weighted by Gasteiger charge is 2.19. The molecule has 3 rings (SSSR count). The average molecular weight is 350 g/mol. The minimum Gasteiger partial charge on any atom is -0.354 e. The first-order chi connectivity index (χ1) is 12.6. The third kappa shape index (κ3) is 3.98. The predicted octanol–water partition coefficient (Wildman–Crippen LogP) is 2.05. The van der Waals surface area contributed by atoms with E-state index >= 15 is 0 Å². The van der Waals surface area contributed by atoms with E-state index in [9.17, 15) is 4.79 Å². The number of hydrogen-bond acceptors (Lipinski definition) is 6. The van der Waals surface area contributed by atoms with Gasteiger partial charge in [0, 0.05) is 32.2 Å². The summed E-state index contributed by atoms with van der Waals surface area (Å²) in [6, 6.07) is 10.7. The van der Waals surface area contributed by atoms with Crippen molar-refractivity contribution in [2.75, 3.05) is 42.9 Å². The van der Waals surface area contributed by atoms with Crippen molar-refractivity contribution in [2.45, 2.75) is 13.8 Å². The second kappa shape index (κ2) is 7.93. The number of benzene rings is 1. The molecule has 0 bridgehead atoms. The number of aryl methyl sites for hydroxylation is 1. The van der Waals surface area contributed by atoms with Gasteiger partial charge < -0.3 is 15.1 Å². The maximum Gasteiger partial charge on any atom is 0.274 e. The summed E-state index contributed by atoms with van der Waals surface area (Å²) in [5, 5.41) is 11.9. The fourth-order valence-electron chi connectivity index (χ4n) is 3.00. The Labute approximate surface area is 153 Å². The summed E-state index contributed by atoms with van der Waals surface area (Å²) in [5.41, 5.74) is 1.20. The molecule has 1 aromatic carbocycles. The van der Waals surface area contributed by atoms with Crippen LogP contribution >= 0.6 is 0 Å². The number of aromatic nitrogens is 2. The number of carbonyl (C=O) groups is 1. The number of carbonyl (C=O) groups excluding carboxylic acids is 1. The minimum atomic E-state index is -0.341. The molecule has 0 spiro atoms. The van der Waals surface area contributed by atoms with Crippen LogP contribution in [0, 0.1) is 18.3 Å². The highest BCUT2D eigenvalue weighted by Crippen LogP contribution is 2.18. The van der Waals surface area contributed by atoms with Crippen LogP contribution < -0.4 is 10.2 Å². The molecular weight excluding hydrogens is 328 g/mol. The van der Waals surface area contributed by atoms with Gasteiger partial charge in [0.15, 0.2) is 0 Å². The van der Waals surface area contributed by atoms with Gasteiger partial charge in [0.25, 0.3) is 5.91 Å². The Morgan fingerprint density at radius 3 is 2.65 bits per heavy atom. The van der Waals surface area contributed by atoms with Crippen LogP contribution in [0.2, 0.25) is 0 Å². The largest absolute Gasteiger partial charge is 0.354 e. The van der Waals surface area contributed by atoms with Gasteiger partial charge in [-0.15, -0.1) is 0 Å². The number of hydrogen-bond donors (Lipinski definition) is 1. The van der Waals surface area contributed by atoms with Crippen molar-refractivity contribution in [1.29, 1.82) is 5.26 Å². The van der Waals surface area contributed by atoms with Crippen LogP contribution in [0.15, 0.2) is 30.3 Å². The number of piperazine rings is 1. The summed E-state index contributed by atoms with van der Waals surface area (Å²) in [4.78, 5) is 26.0. The summed E-state index contributed by atoms with van der Waals surface area (Å²) >= 11 is 0. The van der Waals surface area contributed by atoms with Crippen molar-refractivity contribution in [3.63, 3.8) is 0 Å². The summed E-state index contributed by atoms with van der Waals surface area (Å²) in [6.07, 6.45) is 0. The smallest absolute Gasteiger partial charge is 0.274 e. The van der Waals surface area contributed by atoms with Crippen LogP contribution in [-0.4, -0.2) is 53.5 Å². The van der Waals surface area contributed by atoms with Crippen LogP contribution in [0.3, 0.4) is 0 Å². The second-order valence-corrected chi connectivity index (χ2v) is 6.19. The van der Waals surface area contributed by atoms with E-state index in [0.717, 1.165) is 38.5 Å². The van der Waals surface area contributed by atoms with Gasteiger partial charge in [-0.05, 0) is 25.6 Å². The van der Waals surface area contributed by atoms with E-state index in [0.29, 0.717) is 22.8 Å². The quantitative estimate of drug-likeness (QED) is 0.908. The zero-order valence-corrected chi connectivity index (χ0v) is 15.1. The Balaban J connectivity index is 1.79. The number of nitrogens with zero attached hydrogens (tertiary/aromatic N) is 5. The average Bonchev–Trinajstić information content (AvgIpc) is 2.68. The lowest BCUT2D eigenvalue weighted by atomic mass is 10.2. The number of amides is 1. The van der Waals surface area contributed by atoms with Gasteiger partial charge in [-0.3, -0.25) is 4.79 Å². The van der Waals surface area contributed by atoms with Crippen molar-refractivity contribution in [2.24, 2.45) is 0 Å². The number of nitrogens with one attached hydrogen (secondary N) is 1. The van der Waals surface area contributed by atoms with Gasteiger partial charge in [-0.2, -0.15) is 5.26 Å². The second-order valence-electron chi connectivity index (χ2n) is 6.19. The molecule has 1 aliphatic rings. The van der Waals surface area contributed by atoms with E-state index < -0.39 is 0 Å². The van der Waals surface area contributed by atoms with E-state index in [-0.39, 0.29) is 5.91 Å². The van der Waals surface area contributed by atoms with E-state index in [4.69, 9.17) is 5.26 Å². The normalized spacial score (nSPS) is 14.7. The molecule has 2 heterocycles. The van der Waals surface area contributed by atoms with Crippen LogP contribution in [0.25, 0.3) is 0 Å². The Kier molecular flexibility index (Phi) is 5.44. The Morgan fingerprint density at radius 1 is 1.23 bits per heavy atom. The number of likely N-dealkylation sites (N-methyl/N-ethyl adjacent to an activating group) is 1. The van der Waals surface area contributed by atoms with Crippen LogP contribution in [0.5, 0.6) is 0 Å².